The van der Waals surface area contributed by atoms with E-state index in [1.807, 2.05) is 16.5 Å². The minimum atomic E-state index is 0.465. The number of imidazole rings is 1. The lowest BCUT2D eigenvalue weighted by Gasteiger charge is -2.18. The molecule has 0 bridgehead atoms. The molecule has 0 amide bonds. The summed E-state index contributed by atoms with van der Waals surface area (Å²) >= 11 is 6.63. The van der Waals surface area contributed by atoms with Crippen molar-refractivity contribution in [3.05, 3.63) is 53.4 Å². The van der Waals surface area contributed by atoms with Gasteiger partial charge in [-0.15, -0.1) is 0 Å². The fourth-order valence-electron chi connectivity index (χ4n) is 4.33. The summed E-state index contributed by atoms with van der Waals surface area (Å²) < 4.78 is 2.01. The number of rotatable bonds is 3. The van der Waals surface area contributed by atoms with Crippen molar-refractivity contribution in [2.24, 2.45) is 0 Å². The van der Waals surface area contributed by atoms with E-state index in [1.54, 1.807) is 12.5 Å². The Morgan fingerprint density at radius 2 is 2.00 bits per heavy atom. The maximum absolute atomic E-state index is 6.63. The molecule has 142 valence electrons. The Morgan fingerprint density at radius 1 is 1.18 bits per heavy atom. The second-order valence-corrected chi connectivity index (χ2v) is 8.00. The second-order valence-electron chi connectivity index (χ2n) is 7.59. The first-order valence-electron chi connectivity index (χ1n) is 9.69. The Balaban J connectivity index is 1.82. The van der Waals surface area contributed by atoms with Crippen molar-refractivity contribution in [3.63, 3.8) is 0 Å². The van der Waals surface area contributed by atoms with E-state index in [0.717, 1.165) is 38.9 Å². The van der Waals surface area contributed by atoms with Gasteiger partial charge in [-0.1, -0.05) is 36.6 Å². The van der Waals surface area contributed by atoms with Crippen LogP contribution in [-0.4, -0.2) is 20.4 Å². The number of nitrogens with two attached hydrogens (primary N) is 1. The molecule has 1 saturated carbocycles. The molecule has 4 aromatic rings. The van der Waals surface area contributed by atoms with Crippen LogP contribution in [0.5, 0.6) is 0 Å². The first-order valence-corrected chi connectivity index (χ1v) is 10.1. The fraction of sp³-hybridized carbons (Fsp3) is 0.273. The highest BCUT2D eigenvalue weighted by atomic mass is 35.5. The van der Waals surface area contributed by atoms with Crippen LogP contribution in [0.3, 0.4) is 0 Å². The molecule has 6 heteroatoms. The molecule has 1 aliphatic rings. The van der Waals surface area contributed by atoms with Gasteiger partial charge in [0.1, 0.15) is 11.3 Å². The number of anilines is 2. The topological polar surface area (TPSA) is 68.2 Å². The maximum atomic E-state index is 6.63. The van der Waals surface area contributed by atoms with Gasteiger partial charge in [-0.2, -0.15) is 0 Å². The van der Waals surface area contributed by atoms with Gasteiger partial charge in [0, 0.05) is 27.9 Å². The molecule has 5 rings (SSSR count). The van der Waals surface area contributed by atoms with Crippen molar-refractivity contribution in [3.8, 4) is 11.1 Å². The smallest absolute Gasteiger partial charge is 0.150 e. The normalized spacial score (nSPS) is 14.9. The van der Waals surface area contributed by atoms with Crippen molar-refractivity contribution < 1.29 is 0 Å². The average Bonchev–Trinajstić information content (AvgIpc) is 3.34. The van der Waals surface area contributed by atoms with Crippen LogP contribution in [0.25, 0.3) is 27.7 Å². The number of nitrogen functional groups attached to an aromatic ring is 1. The van der Waals surface area contributed by atoms with E-state index in [1.165, 1.54) is 25.7 Å². The molecule has 2 aromatic carbocycles. The molecule has 2 heterocycles. The van der Waals surface area contributed by atoms with E-state index in [-0.39, 0.29) is 0 Å². The zero-order valence-electron chi connectivity index (χ0n) is 15.7. The Morgan fingerprint density at radius 3 is 2.79 bits per heavy atom. The van der Waals surface area contributed by atoms with Crippen molar-refractivity contribution in [2.75, 3.05) is 11.1 Å². The van der Waals surface area contributed by atoms with Gasteiger partial charge >= 0.3 is 0 Å². The second kappa shape index (κ2) is 6.67. The lowest BCUT2D eigenvalue weighted by molar-refractivity contribution is 0.756. The van der Waals surface area contributed by atoms with E-state index in [0.29, 0.717) is 16.9 Å². The van der Waals surface area contributed by atoms with E-state index in [4.69, 9.17) is 22.3 Å². The van der Waals surface area contributed by atoms with Crippen molar-refractivity contribution in [1.29, 1.82) is 0 Å². The number of fused-ring (bicyclic) bond motifs is 3. The first-order chi connectivity index (χ1) is 13.6. The lowest BCUT2D eigenvalue weighted by Crippen LogP contribution is -2.14. The molecule has 3 N–H and O–H groups in total. The van der Waals surface area contributed by atoms with Crippen LogP contribution in [0, 0.1) is 6.92 Å². The molecule has 5 nitrogen and oxygen atoms in total. The highest BCUT2D eigenvalue weighted by molar-refractivity contribution is 6.34. The minimum Gasteiger partial charge on any atom is -0.382 e. The van der Waals surface area contributed by atoms with Crippen LogP contribution in [-0.2, 0) is 0 Å². The summed E-state index contributed by atoms with van der Waals surface area (Å²) in [6.07, 6.45) is 8.52. The van der Waals surface area contributed by atoms with Gasteiger partial charge in [-0.3, -0.25) is 4.40 Å². The minimum absolute atomic E-state index is 0.465. The maximum Gasteiger partial charge on any atom is 0.150 e. The summed E-state index contributed by atoms with van der Waals surface area (Å²) in [5, 5.41) is 4.43. The highest BCUT2D eigenvalue weighted by Crippen LogP contribution is 2.38. The summed E-state index contributed by atoms with van der Waals surface area (Å²) in [6, 6.07) is 10.8. The number of hydrogen-bond donors (Lipinski definition) is 2. The monoisotopic (exact) mass is 391 g/mol. The molecule has 0 unspecified atom stereocenters. The predicted octanol–water partition coefficient (Wildman–Crippen LogP) is 5.45. The third-order valence-corrected chi connectivity index (χ3v) is 6.01. The van der Waals surface area contributed by atoms with E-state index < -0.39 is 0 Å². The number of halogens is 1. The van der Waals surface area contributed by atoms with Gasteiger partial charge in [-0.25, -0.2) is 9.97 Å². The molecule has 0 saturated heterocycles. The zero-order chi connectivity index (χ0) is 19.3. The van der Waals surface area contributed by atoms with E-state index >= 15 is 0 Å². The quantitative estimate of drug-likeness (QED) is 0.487. The van der Waals surface area contributed by atoms with Crippen molar-refractivity contribution >= 4 is 39.7 Å². The fourth-order valence-corrected chi connectivity index (χ4v) is 4.65. The summed E-state index contributed by atoms with van der Waals surface area (Å²) in [6.45, 7) is 2.07. The molecule has 0 aliphatic heterocycles. The van der Waals surface area contributed by atoms with Crippen LogP contribution in [0.2, 0.25) is 5.02 Å². The van der Waals surface area contributed by atoms with Gasteiger partial charge in [0.15, 0.2) is 0 Å². The van der Waals surface area contributed by atoms with Crippen LogP contribution in [0.4, 0.5) is 11.5 Å². The molecule has 0 spiro atoms. The Labute approximate surface area is 168 Å². The standard InChI is InChI=1S/C22H22ClN5/c1-13-5-4-8-17(23)20(13)16-9-15(26-14-6-2-3-7-14)10-18-21(16)27-22(24)19-11-25-12-28(18)19/h4-5,8-12,14,26H,2-3,6-7H2,1H3,(H2,24,27). The van der Waals surface area contributed by atoms with Crippen LogP contribution >= 0.6 is 11.6 Å². The number of aryl methyl sites for hydroxylation is 1. The van der Waals surface area contributed by atoms with Crippen molar-refractivity contribution in [1.82, 2.24) is 14.4 Å². The average molecular weight is 392 g/mol. The van der Waals surface area contributed by atoms with Gasteiger partial charge in [-0.05, 0) is 43.5 Å². The van der Waals surface area contributed by atoms with Gasteiger partial charge in [0.2, 0.25) is 0 Å². The van der Waals surface area contributed by atoms with E-state index in [2.05, 4.69) is 35.4 Å². The Bertz CT molecular complexity index is 1170. The molecule has 1 aliphatic carbocycles. The third kappa shape index (κ3) is 2.78. The third-order valence-electron chi connectivity index (χ3n) is 5.70. The number of aromatic nitrogens is 3. The van der Waals surface area contributed by atoms with Crippen molar-refractivity contribution in [2.45, 2.75) is 38.6 Å². The predicted molar refractivity (Wildman–Crippen MR) is 116 cm³/mol. The summed E-state index contributed by atoms with van der Waals surface area (Å²) in [7, 11) is 0. The molecular formula is C22H22ClN5. The number of hydrogen-bond acceptors (Lipinski definition) is 4. The summed E-state index contributed by atoms with van der Waals surface area (Å²) in [5.41, 5.74) is 13.0. The highest BCUT2D eigenvalue weighted by Gasteiger charge is 2.19. The largest absolute Gasteiger partial charge is 0.382 e. The van der Waals surface area contributed by atoms with Gasteiger partial charge < -0.3 is 11.1 Å². The van der Waals surface area contributed by atoms with Gasteiger partial charge in [0.25, 0.3) is 0 Å². The van der Waals surface area contributed by atoms with Crippen LogP contribution in [0.1, 0.15) is 31.2 Å². The zero-order valence-corrected chi connectivity index (χ0v) is 16.5. The number of benzene rings is 2. The molecule has 2 aromatic heterocycles. The molecular weight excluding hydrogens is 370 g/mol. The van der Waals surface area contributed by atoms with Crippen LogP contribution in [0.15, 0.2) is 42.9 Å². The molecule has 0 atom stereocenters. The number of nitrogens with zero attached hydrogens (tertiary/aromatic N) is 3. The number of nitrogens with one attached hydrogen (secondary N) is 1. The Hall–Kier alpha value is -2.79. The van der Waals surface area contributed by atoms with E-state index in [9.17, 15) is 0 Å². The Kier molecular flexibility index (Phi) is 4.13. The summed E-state index contributed by atoms with van der Waals surface area (Å²) in [5.74, 6) is 0.465. The van der Waals surface area contributed by atoms with Gasteiger partial charge in [0.05, 0.1) is 23.6 Å². The summed E-state index contributed by atoms with van der Waals surface area (Å²) in [4.78, 5) is 9.02. The molecule has 28 heavy (non-hydrogen) atoms. The first kappa shape index (κ1) is 17.3. The molecule has 1 fully saturated rings. The van der Waals surface area contributed by atoms with Crippen LogP contribution < -0.4 is 11.1 Å². The lowest BCUT2D eigenvalue weighted by atomic mass is 9.98. The SMILES string of the molecule is Cc1cccc(Cl)c1-c1cc(NC2CCCC2)cc2c1nc(N)c1cncn12. The molecule has 0 radical (unpaired) electrons.